The summed E-state index contributed by atoms with van der Waals surface area (Å²) in [6.45, 7) is 6.46. The van der Waals surface area contributed by atoms with E-state index in [9.17, 15) is 14.0 Å². The van der Waals surface area contributed by atoms with Gasteiger partial charge in [-0.15, -0.1) is 6.58 Å². The predicted octanol–water partition coefficient (Wildman–Crippen LogP) is 2.36. The molecule has 1 aliphatic heterocycles. The van der Waals surface area contributed by atoms with Crippen molar-refractivity contribution in [3.63, 3.8) is 0 Å². The molecule has 2 heterocycles. The number of nitrogens with zero attached hydrogens (tertiary/aromatic N) is 2. The highest BCUT2D eigenvalue weighted by Gasteiger charge is 2.20. The standard InChI is InChI=1S/C20H22FN3O2/c1-2-11-23-12-9-17(10-13-23)22-20(26)15-3-8-19(25)24(14-15)18-6-4-16(21)5-7-18/h2-8,14,17H,1,9-13H2,(H,22,26). The average molecular weight is 355 g/mol. The van der Waals surface area contributed by atoms with Gasteiger partial charge in [0.2, 0.25) is 0 Å². The Morgan fingerprint density at radius 1 is 1.19 bits per heavy atom. The second-order valence-electron chi connectivity index (χ2n) is 6.44. The summed E-state index contributed by atoms with van der Waals surface area (Å²) in [4.78, 5) is 26.9. The summed E-state index contributed by atoms with van der Waals surface area (Å²) in [5.41, 5.74) is 0.650. The molecule has 0 atom stereocenters. The number of benzene rings is 1. The molecule has 0 unspecified atom stereocenters. The quantitative estimate of drug-likeness (QED) is 0.838. The number of amides is 1. The second-order valence-corrected chi connectivity index (χ2v) is 6.44. The van der Waals surface area contributed by atoms with E-state index in [1.54, 1.807) is 0 Å². The number of hydrogen-bond donors (Lipinski definition) is 1. The number of pyridine rings is 1. The van der Waals surface area contributed by atoms with E-state index in [-0.39, 0.29) is 23.3 Å². The first-order valence-corrected chi connectivity index (χ1v) is 8.69. The molecule has 0 bridgehead atoms. The molecule has 136 valence electrons. The zero-order valence-electron chi connectivity index (χ0n) is 14.5. The number of likely N-dealkylation sites (tertiary alicyclic amines) is 1. The molecule has 1 aromatic heterocycles. The van der Waals surface area contributed by atoms with Crippen LogP contribution in [0, 0.1) is 5.82 Å². The number of nitrogens with one attached hydrogen (secondary N) is 1. The van der Waals surface area contributed by atoms with Crippen molar-refractivity contribution in [3.8, 4) is 5.69 Å². The first kappa shape index (κ1) is 18.1. The van der Waals surface area contributed by atoms with E-state index < -0.39 is 0 Å². The summed E-state index contributed by atoms with van der Waals surface area (Å²) in [5, 5.41) is 3.04. The lowest BCUT2D eigenvalue weighted by Crippen LogP contribution is -2.44. The molecule has 26 heavy (non-hydrogen) atoms. The number of halogens is 1. The summed E-state index contributed by atoms with van der Waals surface area (Å²) in [6.07, 6.45) is 5.16. The van der Waals surface area contributed by atoms with Crippen molar-refractivity contribution < 1.29 is 9.18 Å². The molecule has 2 aromatic rings. The van der Waals surface area contributed by atoms with Crippen molar-refractivity contribution in [1.29, 1.82) is 0 Å². The van der Waals surface area contributed by atoms with Crippen LogP contribution in [0.5, 0.6) is 0 Å². The van der Waals surface area contributed by atoms with Crippen molar-refractivity contribution >= 4 is 5.91 Å². The van der Waals surface area contributed by atoms with Crippen LogP contribution in [0.4, 0.5) is 4.39 Å². The van der Waals surface area contributed by atoms with Gasteiger partial charge in [-0.25, -0.2) is 4.39 Å². The monoisotopic (exact) mass is 355 g/mol. The number of hydrogen-bond acceptors (Lipinski definition) is 3. The molecule has 0 saturated carbocycles. The van der Waals surface area contributed by atoms with Crippen LogP contribution < -0.4 is 10.9 Å². The molecule has 5 nitrogen and oxygen atoms in total. The SMILES string of the molecule is C=CCN1CCC(NC(=O)c2ccc(=O)n(-c3ccc(F)cc3)c2)CC1. The minimum atomic E-state index is -0.376. The van der Waals surface area contributed by atoms with Crippen molar-refractivity contribution in [3.05, 3.63) is 77.0 Å². The van der Waals surface area contributed by atoms with Gasteiger partial charge in [0.1, 0.15) is 5.82 Å². The third-order valence-electron chi connectivity index (χ3n) is 4.59. The van der Waals surface area contributed by atoms with Gasteiger partial charge in [-0.2, -0.15) is 0 Å². The summed E-state index contributed by atoms with van der Waals surface area (Å²) in [5.74, 6) is -0.582. The van der Waals surface area contributed by atoms with E-state index in [1.807, 2.05) is 6.08 Å². The largest absolute Gasteiger partial charge is 0.349 e. The summed E-state index contributed by atoms with van der Waals surface area (Å²) in [7, 11) is 0. The predicted molar refractivity (Wildman–Crippen MR) is 99.1 cm³/mol. The minimum Gasteiger partial charge on any atom is -0.349 e. The fourth-order valence-corrected chi connectivity index (χ4v) is 3.14. The highest BCUT2D eigenvalue weighted by Crippen LogP contribution is 2.12. The van der Waals surface area contributed by atoms with Gasteiger partial charge in [0.25, 0.3) is 11.5 Å². The number of rotatable bonds is 5. The molecule has 0 spiro atoms. The summed E-state index contributed by atoms with van der Waals surface area (Å²) < 4.78 is 14.4. The Morgan fingerprint density at radius 2 is 1.88 bits per heavy atom. The first-order valence-electron chi connectivity index (χ1n) is 8.69. The lowest BCUT2D eigenvalue weighted by Gasteiger charge is -2.31. The van der Waals surface area contributed by atoms with Gasteiger partial charge in [0.05, 0.1) is 5.56 Å². The molecule has 1 fully saturated rings. The zero-order valence-corrected chi connectivity index (χ0v) is 14.5. The summed E-state index contributed by atoms with van der Waals surface area (Å²) in [6, 6.07) is 8.57. The Hall–Kier alpha value is -2.73. The van der Waals surface area contributed by atoms with Crippen LogP contribution in [0.15, 0.2) is 60.0 Å². The smallest absolute Gasteiger partial charge is 0.255 e. The fraction of sp³-hybridized carbons (Fsp3) is 0.300. The lowest BCUT2D eigenvalue weighted by atomic mass is 10.0. The van der Waals surface area contributed by atoms with Gasteiger partial charge in [0, 0.05) is 43.6 Å². The number of piperidine rings is 1. The third kappa shape index (κ3) is 4.26. The van der Waals surface area contributed by atoms with E-state index in [4.69, 9.17) is 0 Å². The van der Waals surface area contributed by atoms with Crippen molar-refractivity contribution in [2.75, 3.05) is 19.6 Å². The molecule has 1 aliphatic rings. The summed E-state index contributed by atoms with van der Waals surface area (Å²) >= 11 is 0. The number of carbonyl (C=O) groups is 1. The van der Waals surface area contributed by atoms with Crippen LogP contribution in [0.3, 0.4) is 0 Å². The number of carbonyl (C=O) groups excluding carboxylic acids is 1. The van der Waals surface area contributed by atoms with Gasteiger partial charge in [-0.1, -0.05) is 6.08 Å². The molecule has 1 N–H and O–H groups in total. The minimum absolute atomic E-state index is 0.120. The van der Waals surface area contributed by atoms with E-state index in [2.05, 4.69) is 16.8 Å². The highest BCUT2D eigenvalue weighted by atomic mass is 19.1. The molecule has 1 saturated heterocycles. The maximum Gasteiger partial charge on any atom is 0.255 e. The normalized spacial score (nSPS) is 15.6. The molecule has 3 rings (SSSR count). The zero-order chi connectivity index (χ0) is 18.5. The van der Waals surface area contributed by atoms with Gasteiger partial charge in [-0.3, -0.25) is 19.1 Å². The van der Waals surface area contributed by atoms with Crippen molar-refractivity contribution in [2.45, 2.75) is 18.9 Å². The van der Waals surface area contributed by atoms with E-state index in [0.29, 0.717) is 11.3 Å². The van der Waals surface area contributed by atoms with Crippen molar-refractivity contribution in [1.82, 2.24) is 14.8 Å². The van der Waals surface area contributed by atoms with Gasteiger partial charge >= 0.3 is 0 Å². The Bertz CT molecular complexity index is 837. The molecular weight excluding hydrogens is 333 g/mol. The fourth-order valence-electron chi connectivity index (χ4n) is 3.14. The van der Waals surface area contributed by atoms with Crippen LogP contribution in [0.25, 0.3) is 5.69 Å². The number of aromatic nitrogens is 1. The molecule has 0 aliphatic carbocycles. The lowest BCUT2D eigenvalue weighted by molar-refractivity contribution is 0.0913. The van der Waals surface area contributed by atoms with E-state index in [0.717, 1.165) is 32.5 Å². The molecular formula is C20H22FN3O2. The first-order chi connectivity index (χ1) is 12.6. The highest BCUT2D eigenvalue weighted by molar-refractivity contribution is 5.94. The third-order valence-corrected chi connectivity index (χ3v) is 4.59. The van der Waals surface area contributed by atoms with Gasteiger partial charge < -0.3 is 5.32 Å². The van der Waals surface area contributed by atoms with Crippen LogP contribution >= 0.6 is 0 Å². The Morgan fingerprint density at radius 3 is 2.54 bits per heavy atom. The molecule has 1 aromatic carbocycles. The Labute approximate surface area is 151 Å². The molecule has 6 heteroatoms. The molecule has 0 radical (unpaired) electrons. The average Bonchev–Trinajstić information content (AvgIpc) is 2.65. The maximum atomic E-state index is 13.1. The van der Waals surface area contributed by atoms with Crippen LogP contribution in [0.2, 0.25) is 0 Å². The van der Waals surface area contributed by atoms with Gasteiger partial charge in [-0.05, 0) is 43.2 Å². The topological polar surface area (TPSA) is 54.3 Å². The van der Waals surface area contributed by atoms with Crippen LogP contribution in [-0.2, 0) is 0 Å². The van der Waals surface area contributed by atoms with E-state index >= 15 is 0 Å². The molecule has 1 amide bonds. The van der Waals surface area contributed by atoms with Crippen LogP contribution in [-0.4, -0.2) is 41.1 Å². The second kappa shape index (κ2) is 8.10. The maximum absolute atomic E-state index is 13.1. The van der Waals surface area contributed by atoms with Crippen molar-refractivity contribution in [2.24, 2.45) is 0 Å². The van der Waals surface area contributed by atoms with E-state index in [1.165, 1.54) is 47.2 Å². The van der Waals surface area contributed by atoms with Crippen LogP contribution in [0.1, 0.15) is 23.2 Å². The van der Waals surface area contributed by atoms with Gasteiger partial charge in [0.15, 0.2) is 0 Å². The Balaban J connectivity index is 1.70. The Kier molecular flexibility index (Phi) is 5.63.